The van der Waals surface area contributed by atoms with Crippen LogP contribution in [0.4, 0.5) is 0 Å². The average Bonchev–Trinajstić information content (AvgIpc) is 3.32. The van der Waals surface area contributed by atoms with E-state index in [1.54, 1.807) is 6.92 Å². The van der Waals surface area contributed by atoms with Crippen LogP contribution in [0.25, 0.3) is 0 Å². The number of hydrogen-bond donors (Lipinski definition) is 0. The molecule has 2 heterocycles. The summed E-state index contributed by atoms with van der Waals surface area (Å²) < 4.78 is 29.0. The van der Waals surface area contributed by atoms with Crippen LogP contribution in [0.15, 0.2) is 10.9 Å². The number of sulfone groups is 1. The third-order valence-corrected chi connectivity index (χ3v) is 7.15. The number of carbonyl (C=O) groups is 2. The van der Waals surface area contributed by atoms with E-state index < -0.39 is 26.1 Å². The van der Waals surface area contributed by atoms with Crippen molar-refractivity contribution in [2.45, 2.75) is 31.1 Å². The molecule has 2 aliphatic rings. The lowest BCUT2D eigenvalue weighted by molar-refractivity contribution is 0.0592. The summed E-state index contributed by atoms with van der Waals surface area (Å²) in [6.45, 7) is 2.22. The van der Waals surface area contributed by atoms with Gasteiger partial charge in [0, 0.05) is 25.9 Å². The number of fused-ring (bicyclic) bond motifs is 1. The minimum Gasteiger partial charge on any atom is -0.465 e. The lowest BCUT2D eigenvalue weighted by Crippen LogP contribution is -2.50. The molecule has 136 valence electrons. The zero-order valence-electron chi connectivity index (χ0n) is 14.4. The summed E-state index contributed by atoms with van der Waals surface area (Å²) >= 11 is 0. The molecule has 1 aromatic rings. The van der Waals surface area contributed by atoms with Crippen LogP contribution in [0.5, 0.6) is 0 Å². The molecule has 0 aromatic carbocycles. The van der Waals surface area contributed by atoms with E-state index in [9.17, 15) is 22.8 Å². The summed E-state index contributed by atoms with van der Waals surface area (Å²) in [5, 5.41) is 0. The summed E-state index contributed by atoms with van der Waals surface area (Å²) in [6, 6.07) is 1.35. The van der Waals surface area contributed by atoms with Crippen LogP contribution in [-0.2, 0) is 21.1 Å². The fourth-order valence-electron chi connectivity index (χ4n) is 3.32. The molecule has 25 heavy (non-hydrogen) atoms. The number of hydrogen-bond acceptors (Lipinski definition) is 6. The Hall–Kier alpha value is -2.16. The van der Waals surface area contributed by atoms with E-state index in [0.717, 1.165) is 0 Å². The number of aryl methyl sites for hydroxylation is 1. The molecule has 1 amide bonds. The van der Waals surface area contributed by atoms with Crippen molar-refractivity contribution in [2.75, 3.05) is 26.5 Å². The maximum atomic E-state index is 12.8. The van der Waals surface area contributed by atoms with E-state index in [1.807, 2.05) is 0 Å². The quantitative estimate of drug-likeness (QED) is 0.692. The van der Waals surface area contributed by atoms with E-state index in [4.69, 9.17) is 0 Å². The number of rotatable bonds is 4. The molecule has 1 fully saturated rings. The SMILES string of the molecule is COC(=O)c1cc(C)c2n(c1=O)CCN(CC1(S(C)(=O)=O)CC1)C2=O. The Balaban J connectivity index is 1.98. The molecular weight excluding hydrogens is 348 g/mol. The maximum Gasteiger partial charge on any atom is 0.343 e. The van der Waals surface area contributed by atoms with Crippen molar-refractivity contribution < 1.29 is 22.7 Å². The third-order valence-electron chi connectivity index (χ3n) is 5.04. The highest BCUT2D eigenvalue weighted by atomic mass is 32.2. The van der Waals surface area contributed by atoms with Crippen LogP contribution in [0, 0.1) is 6.92 Å². The number of aromatic nitrogens is 1. The molecule has 1 aliphatic heterocycles. The first-order chi connectivity index (χ1) is 11.6. The molecule has 3 rings (SSSR count). The first-order valence-electron chi connectivity index (χ1n) is 7.93. The molecule has 0 saturated heterocycles. The third kappa shape index (κ3) is 2.76. The smallest absolute Gasteiger partial charge is 0.343 e. The normalized spacial score (nSPS) is 18.7. The molecular formula is C16H20N2O6S. The van der Waals surface area contributed by atoms with Crippen LogP contribution < -0.4 is 5.56 Å². The van der Waals surface area contributed by atoms with Crippen LogP contribution in [-0.4, -0.2) is 61.0 Å². The molecule has 0 bridgehead atoms. The van der Waals surface area contributed by atoms with Gasteiger partial charge in [0.25, 0.3) is 11.5 Å². The van der Waals surface area contributed by atoms with Gasteiger partial charge in [-0.05, 0) is 31.4 Å². The van der Waals surface area contributed by atoms with Gasteiger partial charge in [0.2, 0.25) is 0 Å². The van der Waals surface area contributed by atoms with Gasteiger partial charge in [-0.1, -0.05) is 0 Å². The zero-order valence-corrected chi connectivity index (χ0v) is 15.2. The Morgan fingerprint density at radius 2 is 1.92 bits per heavy atom. The fraction of sp³-hybridized carbons (Fsp3) is 0.562. The molecule has 1 saturated carbocycles. The number of ether oxygens (including phenoxy) is 1. The van der Waals surface area contributed by atoms with E-state index in [1.165, 1.54) is 28.9 Å². The molecule has 9 heteroatoms. The maximum absolute atomic E-state index is 12.8. The minimum atomic E-state index is -3.25. The van der Waals surface area contributed by atoms with Crippen molar-refractivity contribution >= 4 is 21.7 Å². The second-order valence-corrected chi connectivity index (χ2v) is 9.13. The van der Waals surface area contributed by atoms with Crippen LogP contribution in [0.1, 0.15) is 39.3 Å². The van der Waals surface area contributed by atoms with Crippen molar-refractivity contribution in [3.05, 3.63) is 33.2 Å². The number of pyridine rings is 1. The number of amides is 1. The Morgan fingerprint density at radius 3 is 2.44 bits per heavy atom. The summed E-state index contributed by atoms with van der Waals surface area (Å²) in [7, 11) is -2.07. The summed E-state index contributed by atoms with van der Waals surface area (Å²) in [5.41, 5.74) is 0.0107. The Bertz CT molecular complexity index is 927. The summed E-state index contributed by atoms with van der Waals surface area (Å²) in [4.78, 5) is 38.5. The van der Waals surface area contributed by atoms with Gasteiger partial charge in [0.1, 0.15) is 11.3 Å². The van der Waals surface area contributed by atoms with Crippen molar-refractivity contribution in [1.29, 1.82) is 0 Å². The molecule has 0 radical (unpaired) electrons. The Morgan fingerprint density at radius 1 is 1.28 bits per heavy atom. The molecule has 0 atom stereocenters. The van der Waals surface area contributed by atoms with E-state index in [-0.39, 0.29) is 36.8 Å². The summed E-state index contributed by atoms with van der Waals surface area (Å²) in [6.07, 6.45) is 2.28. The first kappa shape index (κ1) is 17.7. The highest BCUT2D eigenvalue weighted by molar-refractivity contribution is 7.92. The largest absolute Gasteiger partial charge is 0.465 e. The molecule has 1 aromatic heterocycles. The number of methoxy groups -OCH3 is 1. The van der Waals surface area contributed by atoms with Gasteiger partial charge in [-0.15, -0.1) is 0 Å². The number of carbonyl (C=O) groups excluding carboxylic acids is 2. The standard InChI is InChI=1S/C16H20N2O6S/c1-10-8-11(15(21)24-2)13(19)18-7-6-17(14(20)12(10)18)9-16(4-5-16)25(3,22)23/h8H,4-7,9H2,1-3H3. The second-order valence-electron chi connectivity index (χ2n) is 6.72. The van der Waals surface area contributed by atoms with E-state index >= 15 is 0 Å². The van der Waals surface area contributed by atoms with Crippen molar-refractivity contribution in [3.8, 4) is 0 Å². The Kier molecular flexibility index (Phi) is 4.02. The monoisotopic (exact) mass is 368 g/mol. The average molecular weight is 368 g/mol. The van der Waals surface area contributed by atoms with Gasteiger partial charge < -0.3 is 14.2 Å². The first-order valence-corrected chi connectivity index (χ1v) is 9.82. The molecule has 0 unspecified atom stereocenters. The van der Waals surface area contributed by atoms with Crippen molar-refractivity contribution in [3.63, 3.8) is 0 Å². The highest BCUT2D eigenvalue weighted by Crippen LogP contribution is 2.44. The van der Waals surface area contributed by atoms with Gasteiger partial charge in [-0.25, -0.2) is 13.2 Å². The molecule has 0 spiro atoms. The Labute approximate surface area is 145 Å². The molecule has 1 aliphatic carbocycles. The van der Waals surface area contributed by atoms with Gasteiger partial charge in [0.15, 0.2) is 9.84 Å². The van der Waals surface area contributed by atoms with Gasteiger partial charge >= 0.3 is 5.97 Å². The molecule has 0 N–H and O–H groups in total. The molecule has 8 nitrogen and oxygen atoms in total. The van der Waals surface area contributed by atoms with Gasteiger partial charge in [-0.3, -0.25) is 9.59 Å². The lowest BCUT2D eigenvalue weighted by atomic mass is 10.1. The number of esters is 1. The van der Waals surface area contributed by atoms with Crippen LogP contribution in [0.2, 0.25) is 0 Å². The predicted octanol–water partition coefficient (Wildman–Crippen LogP) is -0.0237. The van der Waals surface area contributed by atoms with Gasteiger partial charge in [-0.2, -0.15) is 0 Å². The second kappa shape index (κ2) is 5.69. The minimum absolute atomic E-state index is 0.111. The highest BCUT2D eigenvalue weighted by Gasteiger charge is 2.54. The predicted molar refractivity (Wildman–Crippen MR) is 89.5 cm³/mol. The van der Waals surface area contributed by atoms with Crippen molar-refractivity contribution in [2.24, 2.45) is 0 Å². The van der Waals surface area contributed by atoms with Gasteiger partial charge in [0.05, 0.1) is 11.9 Å². The number of nitrogens with zero attached hydrogens (tertiary/aromatic N) is 2. The van der Waals surface area contributed by atoms with Crippen LogP contribution >= 0.6 is 0 Å². The van der Waals surface area contributed by atoms with E-state index in [0.29, 0.717) is 18.4 Å². The van der Waals surface area contributed by atoms with Crippen molar-refractivity contribution in [1.82, 2.24) is 9.47 Å². The zero-order chi connectivity index (χ0) is 18.6. The van der Waals surface area contributed by atoms with E-state index in [2.05, 4.69) is 4.74 Å². The fourth-order valence-corrected chi connectivity index (χ4v) is 4.55. The summed E-state index contributed by atoms with van der Waals surface area (Å²) in [5.74, 6) is -1.13. The topological polar surface area (TPSA) is 103 Å². The van der Waals surface area contributed by atoms with Crippen LogP contribution in [0.3, 0.4) is 0 Å². The lowest BCUT2D eigenvalue weighted by Gasteiger charge is -2.33.